The van der Waals surface area contributed by atoms with Crippen molar-refractivity contribution in [2.75, 3.05) is 13.1 Å². The number of nitrogens with zero attached hydrogens (tertiary/aromatic N) is 1. The van der Waals surface area contributed by atoms with Crippen LogP contribution in [0.2, 0.25) is 0 Å². The molecule has 140 valence electrons. The Morgan fingerprint density at radius 3 is 2.16 bits per heavy atom. The van der Waals surface area contributed by atoms with Crippen molar-refractivity contribution in [1.29, 1.82) is 0 Å². The normalized spacial score (nSPS) is 11.3. The Balaban J connectivity index is 3.44. The zero-order valence-corrected chi connectivity index (χ0v) is 16.3. The SMILES string of the molecule is CCCCc1cc(C(C)(C)C)cc(OC(=O)N(CC)CC)c1C(=O)O. The maximum Gasteiger partial charge on any atom is 0.415 e. The van der Waals surface area contributed by atoms with Crippen molar-refractivity contribution in [3.63, 3.8) is 0 Å². The topological polar surface area (TPSA) is 66.8 Å². The first kappa shape index (κ1) is 21.0. The summed E-state index contributed by atoms with van der Waals surface area (Å²) in [6.45, 7) is 13.0. The minimum atomic E-state index is -1.06. The average molecular weight is 349 g/mol. The summed E-state index contributed by atoms with van der Waals surface area (Å²) in [6, 6.07) is 3.63. The van der Waals surface area contributed by atoms with Crippen molar-refractivity contribution in [3.8, 4) is 5.75 Å². The smallest absolute Gasteiger partial charge is 0.415 e. The van der Waals surface area contributed by atoms with E-state index in [1.807, 2.05) is 19.9 Å². The fourth-order valence-electron chi connectivity index (χ4n) is 2.63. The fourth-order valence-corrected chi connectivity index (χ4v) is 2.63. The lowest BCUT2D eigenvalue weighted by Gasteiger charge is -2.24. The highest BCUT2D eigenvalue weighted by Gasteiger charge is 2.25. The number of carbonyl (C=O) groups excluding carboxylic acids is 1. The molecule has 1 N–H and O–H groups in total. The minimum Gasteiger partial charge on any atom is -0.478 e. The first-order valence-electron chi connectivity index (χ1n) is 9.03. The molecule has 0 aliphatic rings. The molecule has 1 rings (SSSR count). The number of carboxylic acid groups (broad SMARTS) is 1. The number of hydrogen-bond donors (Lipinski definition) is 1. The molecule has 1 amide bonds. The van der Waals surface area contributed by atoms with Crippen molar-refractivity contribution in [2.45, 2.75) is 66.2 Å². The summed E-state index contributed by atoms with van der Waals surface area (Å²) in [5.74, 6) is -0.920. The van der Waals surface area contributed by atoms with Crippen LogP contribution in [-0.2, 0) is 11.8 Å². The molecule has 0 heterocycles. The highest BCUT2D eigenvalue weighted by atomic mass is 16.6. The number of amides is 1. The number of ether oxygens (including phenoxy) is 1. The van der Waals surface area contributed by atoms with Gasteiger partial charge in [0, 0.05) is 13.1 Å². The Morgan fingerprint density at radius 2 is 1.72 bits per heavy atom. The number of rotatable bonds is 7. The summed E-state index contributed by atoms with van der Waals surface area (Å²) < 4.78 is 5.51. The molecule has 0 saturated carbocycles. The summed E-state index contributed by atoms with van der Waals surface area (Å²) in [7, 11) is 0. The molecule has 5 nitrogen and oxygen atoms in total. The standard InChI is InChI=1S/C20H31NO4/c1-7-10-11-14-12-15(20(4,5)6)13-16(17(14)18(22)23)25-19(24)21(8-2)9-3/h12-13H,7-11H2,1-6H3,(H,22,23). The van der Waals surface area contributed by atoms with E-state index in [9.17, 15) is 14.7 Å². The number of aryl methyl sites for hydroxylation is 1. The second-order valence-corrected chi connectivity index (χ2v) is 7.21. The van der Waals surface area contributed by atoms with Crippen molar-refractivity contribution >= 4 is 12.1 Å². The quantitative estimate of drug-likeness (QED) is 0.763. The van der Waals surface area contributed by atoms with Crippen LogP contribution in [0.15, 0.2) is 12.1 Å². The first-order valence-corrected chi connectivity index (χ1v) is 9.03. The second-order valence-electron chi connectivity index (χ2n) is 7.21. The lowest BCUT2D eigenvalue weighted by Crippen LogP contribution is -2.33. The highest BCUT2D eigenvalue weighted by Crippen LogP contribution is 2.33. The van der Waals surface area contributed by atoms with Crippen LogP contribution in [0.5, 0.6) is 5.75 Å². The van der Waals surface area contributed by atoms with E-state index in [0.717, 1.165) is 24.0 Å². The molecule has 0 aromatic heterocycles. The van der Waals surface area contributed by atoms with E-state index in [-0.39, 0.29) is 16.7 Å². The molecule has 0 atom stereocenters. The van der Waals surface area contributed by atoms with Crippen LogP contribution in [-0.4, -0.2) is 35.2 Å². The lowest BCUT2D eigenvalue weighted by atomic mass is 9.84. The maximum atomic E-state index is 12.3. The number of unbranched alkanes of at least 4 members (excludes halogenated alkanes) is 1. The van der Waals surface area contributed by atoms with Crippen molar-refractivity contribution in [2.24, 2.45) is 0 Å². The predicted octanol–water partition coefficient (Wildman–Crippen LogP) is 4.87. The van der Waals surface area contributed by atoms with Gasteiger partial charge in [0.25, 0.3) is 0 Å². The van der Waals surface area contributed by atoms with Gasteiger partial charge in [-0.3, -0.25) is 0 Å². The summed E-state index contributed by atoms with van der Waals surface area (Å²) in [4.78, 5) is 25.7. The van der Waals surface area contributed by atoms with Gasteiger partial charge in [-0.1, -0.05) is 40.2 Å². The number of hydrogen-bond acceptors (Lipinski definition) is 3. The predicted molar refractivity (Wildman–Crippen MR) is 99.7 cm³/mol. The summed E-state index contributed by atoms with van der Waals surface area (Å²) in [6.07, 6.45) is 1.99. The Labute approximate surface area is 151 Å². The Hall–Kier alpha value is -2.04. The van der Waals surface area contributed by atoms with Gasteiger partial charge in [0.2, 0.25) is 0 Å². The third-order valence-corrected chi connectivity index (χ3v) is 4.28. The van der Waals surface area contributed by atoms with Gasteiger partial charge in [0.1, 0.15) is 11.3 Å². The van der Waals surface area contributed by atoms with E-state index >= 15 is 0 Å². The molecule has 1 aromatic rings. The molecule has 0 spiro atoms. The number of carbonyl (C=O) groups is 2. The first-order chi connectivity index (χ1) is 11.6. The molecule has 1 aromatic carbocycles. The van der Waals surface area contributed by atoms with E-state index in [4.69, 9.17) is 4.74 Å². The largest absolute Gasteiger partial charge is 0.478 e. The van der Waals surface area contributed by atoms with Gasteiger partial charge in [0.05, 0.1) is 0 Å². The second kappa shape index (κ2) is 8.88. The number of aromatic carboxylic acids is 1. The van der Waals surface area contributed by atoms with Crippen LogP contribution in [0, 0.1) is 0 Å². The van der Waals surface area contributed by atoms with Crippen LogP contribution >= 0.6 is 0 Å². The van der Waals surface area contributed by atoms with Gasteiger partial charge < -0.3 is 14.7 Å². The molecule has 0 aliphatic carbocycles. The van der Waals surface area contributed by atoms with E-state index in [2.05, 4.69) is 27.7 Å². The zero-order chi connectivity index (χ0) is 19.2. The van der Waals surface area contributed by atoms with Crippen LogP contribution in [0.3, 0.4) is 0 Å². The summed E-state index contributed by atoms with van der Waals surface area (Å²) in [5.41, 5.74) is 1.62. The van der Waals surface area contributed by atoms with E-state index in [1.54, 1.807) is 6.07 Å². The van der Waals surface area contributed by atoms with E-state index in [0.29, 0.717) is 19.5 Å². The van der Waals surface area contributed by atoms with Crippen LogP contribution in [0.4, 0.5) is 4.79 Å². The van der Waals surface area contributed by atoms with Gasteiger partial charge in [-0.05, 0) is 49.3 Å². The minimum absolute atomic E-state index is 0.0990. The van der Waals surface area contributed by atoms with Crippen LogP contribution < -0.4 is 4.74 Å². The zero-order valence-electron chi connectivity index (χ0n) is 16.3. The third kappa shape index (κ3) is 5.48. The molecule has 0 aliphatic heterocycles. The lowest BCUT2D eigenvalue weighted by molar-refractivity contribution is 0.0692. The maximum absolute atomic E-state index is 12.3. The molecule has 0 radical (unpaired) electrons. The molecular formula is C20H31NO4. The molecule has 0 saturated heterocycles. The van der Waals surface area contributed by atoms with E-state index in [1.165, 1.54) is 4.90 Å². The van der Waals surface area contributed by atoms with Gasteiger partial charge in [-0.25, -0.2) is 9.59 Å². The van der Waals surface area contributed by atoms with Crippen molar-refractivity contribution < 1.29 is 19.4 Å². The Morgan fingerprint density at radius 1 is 1.12 bits per heavy atom. The highest BCUT2D eigenvalue weighted by molar-refractivity contribution is 5.94. The van der Waals surface area contributed by atoms with Gasteiger partial charge in [0.15, 0.2) is 0 Å². The summed E-state index contributed by atoms with van der Waals surface area (Å²) >= 11 is 0. The molecule has 0 bridgehead atoms. The summed E-state index contributed by atoms with van der Waals surface area (Å²) in [5, 5.41) is 9.70. The third-order valence-electron chi connectivity index (χ3n) is 4.28. The van der Waals surface area contributed by atoms with Crippen molar-refractivity contribution in [1.82, 2.24) is 4.90 Å². The Bertz CT molecular complexity index is 613. The molecule has 5 heteroatoms. The monoisotopic (exact) mass is 349 g/mol. The molecule has 25 heavy (non-hydrogen) atoms. The molecular weight excluding hydrogens is 318 g/mol. The van der Waals surface area contributed by atoms with Gasteiger partial charge in [-0.2, -0.15) is 0 Å². The van der Waals surface area contributed by atoms with Gasteiger partial charge >= 0.3 is 12.1 Å². The van der Waals surface area contributed by atoms with Gasteiger partial charge in [-0.15, -0.1) is 0 Å². The number of carboxylic acids is 1. The van der Waals surface area contributed by atoms with Crippen LogP contribution in [0.1, 0.15) is 75.9 Å². The molecule has 0 fully saturated rings. The number of benzene rings is 1. The molecule has 0 unspecified atom stereocenters. The van der Waals surface area contributed by atoms with Crippen molar-refractivity contribution in [3.05, 3.63) is 28.8 Å². The Kier molecular flexibility index (Phi) is 7.46. The average Bonchev–Trinajstić information content (AvgIpc) is 2.52. The van der Waals surface area contributed by atoms with Crippen LogP contribution in [0.25, 0.3) is 0 Å². The van der Waals surface area contributed by atoms with E-state index < -0.39 is 12.1 Å². The fraction of sp³-hybridized carbons (Fsp3) is 0.600.